The fourth-order valence-electron chi connectivity index (χ4n) is 2.41. The molecule has 2 aromatic carbocycles. The highest BCUT2D eigenvalue weighted by Crippen LogP contribution is 2.32. The number of hydrogen-bond acceptors (Lipinski definition) is 2. The summed E-state index contributed by atoms with van der Waals surface area (Å²) in [6.07, 6.45) is 0. The van der Waals surface area contributed by atoms with Crippen molar-refractivity contribution in [2.75, 3.05) is 0 Å². The number of nitrogens with zero attached hydrogens (tertiary/aromatic N) is 1. The molecule has 3 aromatic rings. The zero-order valence-electron chi connectivity index (χ0n) is 10.8. The Kier molecular flexibility index (Phi) is 2.27. The van der Waals surface area contributed by atoms with Crippen LogP contribution in [0.15, 0.2) is 30.3 Å². The molecule has 2 heteroatoms. The molecule has 0 aliphatic heterocycles. The first kappa shape index (κ1) is 11.0. The number of hydrogen-bond donors (Lipinski definition) is 1. The summed E-state index contributed by atoms with van der Waals surface area (Å²) in [6, 6.07) is 9.94. The van der Waals surface area contributed by atoms with Crippen LogP contribution in [0, 0.1) is 20.8 Å². The molecular weight excluding hydrogens is 222 g/mol. The van der Waals surface area contributed by atoms with E-state index < -0.39 is 0 Å². The Morgan fingerprint density at radius 3 is 2.50 bits per heavy atom. The maximum absolute atomic E-state index is 10.1. The van der Waals surface area contributed by atoms with Crippen LogP contribution in [0.25, 0.3) is 21.8 Å². The standard InChI is InChI=1S/C16H15NO/c1-9-5-4-6-12-8-13-14(18)7-10(2)11(3)16(13)17-15(9)12/h4-8,18H,1-3H3. The maximum Gasteiger partial charge on any atom is 0.125 e. The van der Waals surface area contributed by atoms with Crippen LogP contribution in [0.4, 0.5) is 0 Å². The van der Waals surface area contributed by atoms with E-state index in [1.54, 1.807) is 6.07 Å². The molecule has 0 atom stereocenters. The Morgan fingerprint density at radius 1 is 0.944 bits per heavy atom. The normalized spacial score (nSPS) is 11.3. The van der Waals surface area contributed by atoms with E-state index >= 15 is 0 Å². The maximum atomic E-state index is 10.1. The minimum absolute atomic E-state index is 0.309. The van der Waals surface area contributed by atoms with Gasteiger partial charge in [0.15, 0.2) is 0 Å². The smallest absolute Gasteiger partial charge is 0.125 e. The van der Waals surface area contributed by atoms with Crippen molar-refractivity contribution in [1.82, 2.24) is 4.98 Å². The fourth-order valence-corrected chi connectivity index (χ4v) is 2.41. The number of para-hydroxylation sites is 1. The molecule has 1 heterocycles. The van der Waals surface area contributed by atoms with Crippen molar-refractivity contribution in [3.8, 4) is 5.75 Å². The van der Waals surface area contributed by atoms with Crippen molar-refractivity contribution in [3.05, 3.63) is 47.0 Å². The first-order valence-electron chi connectivity index (χ1n) is 6.07. The van der Waals surface area contributed by atoms with Crippen molar-refractivity contribution in [2.24, 2.45) is 0 Å². The van der Waals surface area contributed by atoms with Gasteiger partial charge < -0.3 is 5.11 Å². The first-order valence-corrected chi connectivity index (χ1v) is 6.07. The summed E-state index contributed by atoms with van der Waals surface area (Å²) in [5.74, 6) is 0.309. The molecule has 90 valence electrons. The highest BCUT2D eigenvalue weighted by atomic mass is 16.3. The molecule has 0 aliphatic rings. The van der Waals surface area contributed by atoms with Crippen LogP contribution < -0.4 is 0 Å². The van der Waals surface area contributed by atoms with Crippen molar-refractivity contribution in [3.63, 3.8) is 0 Å². The molecule has 0 saturated carbocycles. The number of pyridine rings is 1. The highest BCUT2D eigenvalue weighted by molar-refractivity contribution is 5.98. The quantitative estimate of drug-likeness (QED) is 0.599. The second-order valence-electron chi connectivity index (χ2n) is 4.87. The lowest BCUT2D eigenvalue weighted by Gasteiger charge is -2.10. The summed E-state index contributed by atoms with van der Waals surface area (Å²) in [5, 5.41) is 12.0. The van der Waals surface area contributed by atoms with Gasteiger partial charge in [0.1, 0.15) is 5.75 Å². The largest absolute Gasteiger partial charge is 0.507 e. The Balaban J connectivity index is 2.57. The number of benzene rings is 2. The zero-order valence-corrected chi connectivity index (χ0v) is 10.8. The lowest BCUT2D eigenvalue weighted by Crippen LogP contribution is -1.91. The van der Waals surface area contributed by atoms with Crippen molar-refractivity contribution < 1.29 is 5.11 Å². The van der Waals surface area contributed by atoms with Crippen LogP contribution >= 0.6 is 0 Å². The van der Waals surface area contributed by atoms with Gasteiger partial charge in [-0.2, -0.15) is 0 Å². The van der Waals surface area contributed by atoms with E-state index in [2.05, 4.69) is 13.0 Å². The molecule has 0 radical (unpaired) electrons. The third kappa shape index (κ3) is 1.46. The molecule has 1 N–H and O–H groups in total. The van der Waals surface area contributed by atoms with Gasteiger partial charge in [-0.25, -0.2) is 4.98 Å². The molecule has 0 fully saturated rings. The van der Waals surface area contributed by atoms with Gasteiger partial charge in [-0.1, -0.05) is 18.2 Å². The van der Waals surface area contributed by atoms with Crippen molar-refractivity contribution in [1.29, 1.82) is 0 Å². The van der Waals surface area contributed by atoms with Crippen LogP contribution in [0.1, 0.15) is 16.7 Å². The molecular formula is C16H15NO. The average Bonchev–Trinajstić information content (AvgIpc) is 2.35. The van der Waals surface area contributed by atoms with Crippen LogP contribution in [0.3, 0.4) is 0 Å². The van der Waals surface area contributed by atoms with Gasteiger partial charge in [0.2, 0.25) is 0 Å². The van der Waals surface area contributed by atoms with Crippen LogP contribution in [-0.4, -0.2) is 10.1 Å². The van der Waals surface area contributed by atoms with Crippen LogP contribution in [-0.2, 0) is 0 Å². The Labute approximate surface area is 106 Å². The van der Waals surface area contributed by atoms with E-state index in [4.69, 9.17) is 4.98 Å². The molecule has 0 unspecified atom stereocenters. The van der Waals surface area contributed by atoms with E-state index in [1.165, 1.54) is 0 Å². The minimum Gasteiger partial charge on any atom is -0.507 e. The van der Waals surface area contributed by atoms with Crippen molar-refractivity contribution in [2.45, 2.75) is 20.8 Å². The molecule has 0 amide bonds. The van der Waals surface area contributed by atoms with E-state index in [1.807, 2.05) is 32.0 Å². The lowest BCUT2D eigenvalue weighted by molar-refractivity contribution is 0.481. The lowest BCUT2D eigenvalue weighted by atomic mass is 10.0. The third-order valence-corrected chi connectivity index (χ3v) is 3.62. The molecule has 0 aliphatic carbocycles. The Bertz CT molecular complexity index is 775. The monoisotopic (exact) mass is 237 g/mol. The molecule has 1 aromatic heterocycles. The summed E-state index contributed by atoms with van der Waals surface area (Å²) < 4.78 is 0. The van der Waals surface area contributed by atoms with Gasteiger partial charge in [0, 0.05) is 10.8 Å². The molecule has 18 heavy (non-hydrogen) atoms. The Morgan fingerprint density at radius 2 is 1.72 bits per heavy atom. The molecule has 3 rings (SSSR count). The minimum atomic E-state index is 0.309. The van der Waals surface area contributed by atoms with E-state index in [0.29, 0.717) is 5.75 Å². The topological polar surface area (TPSA) is 33.1 Å². The number of aryl methyl sites for hydroxylation is 3. The first-order chi connectivity index (χ1) is 8.58. The van der Waals surface area contributed by atoms with E-state index in [-0.39, 0.29) is 0 Å². The Hall–Kier alpha value is -2.09. The SMILES string of the molecule is Cc1cc(O)c2cc3cccc(C)c3nc2c1C. The molecule has 0 spiro atoms. The van der Waals surface area contributed by atoms with Gasteiger partial charge in [-0.3, -0.25) is 0 Å². The molecule has 0 saturated heterocycles. The zero-order chi connectivity index (χ0) is 12.9. The van der Waals surface area contributed by atoms with Gasteiger partial charge in [0.25, 0.3) is 0 Å². The average molecular weight is 237 g/mol. The number of rotatable bonds is 0. The fraction of sp³-hybridized carbons (Fsp3) is 0.188. The van der Waals surface area contributed by atoms with E-state index in [9.17, 15) is 5.11 Å². The van der Waals surface area contributed by atoms with Gasteiger partial charge in [-0.05, 0) is 49.6 Å². The highest BCUT2D eigenvalue weighted by Gasteiger charge is 2.09. The van der Waals surface area contributed by atoms with Gasteiger partial charge in [0.05, 0.1) is 11.0 Å². The second-order valence-corrected chi connectivity index (χ2v) is 4.87. The second kappa shape index (κ2) is 3.70. The summed E-state index contributed by atoms with van der Waals surface area (Å²) >= 11 is 0. The third-order valence-electron chi connectivity index (χ3n) is 3.62. The number of phenols is 1. The summed E-state index contributed by atoms with van der Waals surface area (Å²) in [4.78, 5) is 4.74. The van der Waals surface area contributed by atoms with Gasteiger partial charge in [-0.15, -0.1) is 0 Å². The van der Waals surface area contributed by atoms with Gasteiger partial charge >= 0.3 is 0 Å². The summed E-state index contributed by atoms with van der Waals surface area (Å²) in [5.41, 5.74) is 5.27. The number of phenolic OH excluding ortho intramolecular Hbond substituents is 1. The summed E-state index contributed by atoms with van der Waals surface area (Å²) in [6.45, 7) is 6.11. The molecule has 2 nitrogen and oxygen atoms in total. The number of aromatic nitrogens is 1. The predicted molar refractivity (Wildman–Crippen MR) is 75.1 cm³/mol. The van der Waals surface area contributed by atoms with E-state index in [0.717, 1.165) is 38.5 Å². The van der Waals surface area contributed by atoms with Crippen molar-refractivity contribution >= 4 is 21.8 Å². The van der Waals surface area contributed by atoms with Crippen LogP contribution in [0.5, 0.6) is 5.75 Å². The number of fused-ring (bicyclic) bond motifs is 2. The predicted octanol–water partition coefficient (Wildman–Crippen LogP) is 4.02. The summed E-state index contributed by atoms with van der Waals surface area (Å²) in [7, 11) is 0. The molecule has 0 bridgehead atoms. The number of aromatic hydroxyl groups is 1. The van der Waals surface area contributed by atoms with Crippen LogP contribution in [0.2, 0.25) is 0 Å².